The van der Waals surface area contributed by atoms with Crippen LogP contribution in [0.4, 0.5) is 5.69 Å². The number of hydrogen-bond acceptors (Lipinski definition) is 7. The molecule has 0 saturated carbocycles. The van der Waals surface area contributed by atoms with Crippen molar-refractivity contribution in [3.05, 3.63) is 62.4 Å². The van der Waals surface area contributed by atoms with E-state index in [1.54, 1.807) is 37.5 Å². The second-order valence-corrected chi connectivity index (χ2v) is 8.49. The van der Waals surface area contributed by atoms with Crippen molar-refractivity contribution in [2.75, 3.05) is 18.2 Å². The molecule has 0 aliphatic rings. The zero-order valence-electron chi connectivity index (χ0n) is 18.5. The highest BCUT2D eigenvalue weighted by molar-refractivity contribution is 8.00. The predicted molar refractivity (Wildman–Crippen MR) is 123 cm³/mol. The molecule has 168 valence electrons. The number of rotatable bonds is 6. The van der Waals surface area contributed by atoms with Crippen molar-refractivity contribution in [3.8, 4) is 0 Å². The molecule has 0 saturated heterocycles. The third kappa shape index (κ3) is 4.45. The molecule has 0 aliphatic carbocycles. The molecule has 1 aromatic carbocycles. The summed E-state index contributed by atoms with van der Waals surface area (Å²) in [5.41, 5.74) is 1.12. The zero-order valence-corrected chi connectivity index (χ0v) is 19.3. The fraction of sp³-hybridized carbons (Fsp3) is 0.318. The summed E-state index contributed by atoms with van der Waals surface area (Å²) in [6, 6.07) is 6.35. The van der Waals surface area contributed by atoms with Gasteiger partial charge in [0.2, 0.25) is 5.91 Å². The molecule has 9 nitrogen and oxygen atoms in total. The van der Waals surface area contributed by atoms with E-state index in [1.807, 2.05) is 13.8 Å². The Balaban J connectivity index is 1.90. The van der Waals surface area contributed by atoms with E-state index in [-0.39, 0.29) is 23.2 Å². The van der Waals surface area contributed by atoms with Gasteiger partial charge in [-0.1, -0.05) is 13.8 Å². The number of carbonyl (C=O) groups is 2. The molecule has 0 spiro atoms. The second kappa shape index (κ2) is 9.39. The van der Waals surface area contributed by atoms with Gasteiger partial charge in [0.1, 0.15) is 5.65 Å². The van der Waals surface area contributed by atoms with Crippen LogP contribution in [0.5, 0.6) is 0 Å². The third-order valence-corrected chi connectivity index (χ3v) is 6.14. The number of nitrogens with one attached hydrogen (secondary N) is 1. The molecule has 3 aromatic rings. The van der Waals surface area contributed by atoms with Crippen molar-refractivity contribution in [3.63, 3.8) is 0 Å². The Kier molecular flexibility index (Phi) is 6.83. The van der Waals surface area contributed by atoms with Gasteiger partial charge in [-0.25, -0.2) is 14.6 Å². The van der Waals surface area contributed by atoms with E-state index < -0.39 is 17.2 Å². The second-order valence-electron chi connectivity index (χ2n) is 7.51. The van der Waals surface area contributed by atoms with Crippen molar-refractivity contribution in [1.82, 2.24) is 14.1 Å². The van der Waals surface area contributed by atoms with E-state index in [0.29, 0.717) is 21.5 Å². The number of aryl methyl sites for hydroxylation is 1. The predicted octanol–water partition coefficient (Wildman–Crippen LogP) is 2.27. The highest BCUT2D eigenvalue weighted by atomic mass is 32.2. The molecule has 1 N–H and O–H groups in total. The van der Waals surface area contributed by atoms with Gasteiger partial charge >= 0.3 is 11.7 Å². The molecule has 2 aromatic heterocycles. The van der Waals surface area contributed by atoms with Crippen LogP contribution in [0.1, 0.15) is 35.7 Å². The van der Waals surface area contributed by atoms with Crippen LogP contribution >= 0.6 is 11.8 Å². The Morgan fingerprint density at radius 3 is 2.38 bits per heavy atom. The Morgan fingerprint density at radius 2 is 1.78 bits per heavy atom. The highest BCUT2D eigenvalue weighted by Crippen LogP contribution is 2.32. The molecule has 0 unspecified atom stereocenters. The lowest BCUT2D eigenvalue weighted by Crippen LogP contribution is -2.37. The minimum Gasteiger partial charge on any atom is -0.465 e. The van der Waals surface area contributed by atoms with Gasteiger partial charge in [0.25, 0.3) is 5.56 Å². The smallest absolute Gasteiger partial charge is 0.337 e. The SMILES string of the molecule is COC(=O)c1ccc(NC(=O)CSc2c(C(C)C)cnc3c2c(=O)n(C)c(=O)n3C)cc1. The number of aromatic nitrogens is 3. The van der Waals surface area contributed by atoms with E-state index in [9.17, 15) is 19.2 Å². The summed E-state index contributed by atoms with van der Waals surface area (Å²) in [7, 11) is 4.28. The summed E-state index contributed by atoms with van der Waals surface area (Å²) in [5.74, 6) is -0.628. The first-order chi connectivity index (χ1) is 15.1. The van der Waals surface area contributed by atoms with Crippen LogP contribution in [0.25, 0.3) is 11.0 Å². The van der Waals surface area contributed by atoms with Gasteiger partial charge < -0.3 is 10.1 Å². The Hall–Kier alpha value is -3.40. The highest BCUT2D eigenvalue weighted by Gasteiger charge is 2.20. The number of methoxy groups -OCH3 is 1. The molecule has 0 bridgehead atoms. The molecular formula is C22H24N4O5S. The van der Waals surface area contributed by atoms with Gasteiger partial charge in [-0.3, -0.25) is 18.7 Å². The molecule has 2 heterocycles. The van der Waals surface area contributed by atoms with Crippen molar-refractivity contribution >= 4 is 40.4 Å². The summed E-state index contributed by atoms with van der Waals surface area (Å²) in [4.78, 5) is 54.3. The molecule has 3 rings (SSSR count). The van der Waals surface area contributed by atoms with Gasteiger partial charge in [-0.05, 0) is 35.7 Å². The molecule has 0 fully saturated rings. The molecule has 0 atom stereocenters. The Labute approximate surface area is 188 Å². The Morgan fingerprint density at radius 1 is 1.12 bits per heavy atom. The number of benzene rings is 1. The number of anilines is 1. The van der Waals surface area contributed by atoms with Crippen LogP contribution < -0.4 is 16.6 Å². The maximum atomic E-state index is 12.9. The largest absolute Gasteiger partial charge is 0.465 e. The fourth-order valence-electron chi connectivity index (χ4n) is 3.23. The molecule has 0 radical (unpaired) electrons. The normalized spacial score (nSPS) is 11.1. The fourth-order valence-corrected chi connectivity index (χ4v) is 4.35. The van der Waals surface area contributed by atoms with Crippen LogP contribution in [0.2, 0.25) is 0 Å². The minimum absolute atomic E-state index is 0.0452. The van der Waals surface area contributed by atoms with E-state index in [0.717, 1.165) is 10.1 Å². The molecular weight excluding hydrogens is 432 g/mol. The number of carbonyl (C=O) groups excluding carboxylic acids is 2. The van der Waals surface area contributed by atoms with Crippen molar-refractivity contribution < 1.29 is 14.3 Å². The van der Waals surface area contributed by atoms with E-state index in [2.05, 4.69) is 15.0 Å². The van der Waals surface area contributed by atoms with Crippen LogP contribution in [-0.4, -0.2) is 38.9 Å². The van der Waals surface area contributed by atoms with E-state index in [4.69, 9.17) is 0 Å². The topological polar surface area (TPSA) is 112 Å². The molecule has 10 heteroatoms. The van der Waals surface area contributed by atoms with Crippen LogP contribution in [0.15, 0.2) is 44.9 Å². The van der Waals surface area contributed by atoms with Gasteiger partial charge in [0, 0.05) is 30.9 Å². The third-order valence-electron chi connectivity index (χ3n) is 5.01. The lowest BCUT2D eigenvalue weighted by Gasteiger charge is -2.16. The summed E-state index contributed by atoms with van der Waals surface area (Å²) < 4.78 is 7.03. The van der Waals surface area contributed by atoms with Gasteiger partial charge in [0.05, 0.1) is 23.8 Å². The number of fused-ring (bicyclic) bond motifs is 1. The first-order valence-corrected chi connectivity index (χ1v) is 10.8. The van der Waals surface area contributed by atoms with E-state index >= 15 is 0 Å². The van der Waals surface area contributed by atoms with Gasteiger partial charge in [-0.15, -0.1) is 11.8 Å². The van der Waals surface area contributed by atoms with E-state index in [1.165, 1.54) is 30.5 Å². The molecule has 0 aliphatic heterocycles. The number of pyridine rings is 1. The minimum atomic E-state index is -0.462. The quantitative estimate of drug-likeness (QED) is 0.447. The number of esters is 1. The maximum Gasteiger partial charge on any atom is 0.337 e. The van der Waals surface area contributed by atoms with Gasteiger partial charge in [-0.2, -0.15) is 0 Å². The lowest BCUT2D eigenvalue weighted by molar-refractivity contribution is -0.113. The average Bonchev–Trinajstić information content (AvgIpc) is 2.79. The first kappa shape index (κ1) is 23.3. The lowest BCUT2D eigenvalue weighted by atomic mass is 10.0. The monoisotopic (exact) mass is 456 g/mol. The number of ether oxygens (including phenoxy) is 1. The number of thioether (sulfide) groups is 1. The maximum absolute atomic E-state index is 12.9. The number of amides is 1. The van der Waals surface area contributed by atoms with Crippen molar-refractivity contribution in [2.24, 2.45) is 14.1 Å². The van der Waals surface area contributed by atoms with Crippen LogP contribution in [0.3, 0.4) is 0 Å². The average molecular weight is 457 g/mol. The number of hydrogen-bond donors (Lipinski definition) is 1. The van der Waals surface area contributed by atoms with Crippen LogP contribution in [-0.2, 0) is 23.6 Å². The summed E-state index contributed by atoms with van der Waals surface area (Å²) in [5, 5.41) is 3.09. The first-order valence-electron chi connectivity index (χ1n) is 9.85. The van der Waals surface area contributed by atoms with Gasteiger partial charge in [0.15, 0.2) is 0 Å². The zero-order chi connectivity index (χ0) is 23.6. The summed E-state index contributed by atoms with van der Waals surface area (Å²) >= 11 is 1.23. The summed E-state index contributed by atoms with van der Waals surface area (Å²) in [6.45, 7) is 3.95. The molecule has 1 amide bonds. The standard InChI is InChI=1S/C22H24N4O5S/c1-12(2)15-10-23-19-17(20(28)26(4)22(30)25(19)3)18(15)32-11-16(27)24-14-8-6-13(7-9-14)21(29)31-5/h6-10,12H,11H2,1-5H3,(H,24,27). The Bertz CT molecular complexity index is 1310. The molecule has 32 heavy (non-hydrogen) atoms. The van der Waals surface area contributed by atoms with Crippen molar-refractivity contribution in [1.29, 1.82) is 0 Å². The summed E-state index contributed by atoms with van der Waals surface area (Å²) in [6.07, 6.45) is 1.65. The van der Waals surface area contributed by atoms with Crippen LogP contribution in [0, 0.1) is 0 Å². The number of nitrogens with zero attached hydrogens (tertiary/aromatic N) is 3. The van der Waals surface area contributed by atoms with Crippen molar-refractivity contribution in [2.45, 2.75) is 24.7 Å².